The van der Waals surface area contributed by atoms with Crippen molar-refractivity contribution in [2.24, 2.45) is 0 Å². The number of hydrogen-bond donors (Lipinski definition) is 8. The van der Waals surface area contributed by atoms with Crippen LogP contribution in [0.1, 0.15) is 224 Å². The van der Waals surface area contributed by atoms with Gasteiger partial charge in [-0.3, -0.25) is 86.3 Å². The highest BCUT2D eigenvalue weighted by atomic mass is 19.2. The van der Waals surface area contributed by atoms with Gasteiger partial charge in [0.1, 0.15) is 68.3 Å². The van der Waals surface area contributed by atoms with Crippen molar-refractivity contribution in [2.45, 2.75) is 328 Å². The molecule has 131 heavy (non-hydrogen) atoms. The molecule has 0 bridgehead atoms. The van der Waals surface area contributed by atoms with E-state index in [9.17, 15) is 108 Å². The molecule has 8 N–H and O–H groups in total. The minimum Gasteiger partial charge on any atom is -0.463 e. The van der Waals surface area contributed by atoms with Crippen LogP contribution < -0.4 is 47.3 Å². The first-order valence-electron chi connectivity index (χ1n) is 43.2. The number of ether oxygens (including phenoxy) is 16. The van der Waals surface area contributed by atoms with Gasteiger partial charge in [0.05, 0.1) is 0 Å². The van der Waals surface area contributed by atoms with E-state index in [2.05, 4.69) is 47.3 Å². The zero-order valence-corrected chi connectivity index (χ0v) is 75.5. The molecule has 0 spiro atoms. The van der Waals surface area contributed by atoms with Crippen molar-refractivity contribution < 1.29 is 184 Å². The molecule has 47 heteroatoms. The maximum atomic E-state index is 14.6. The summed E-state index contributed by atoms with van der Waals surface area (Å²) in [4.78, 5) is 228. The van der Waals surface area contributed by atoms with Crippen LogP contribution in [-0.2, 0) is 157 Å². The van der Waals surface area contributed by atoms with Gasteiger partial charge in [-0.05, 0) is 89.9 Å². The van der Waals surface area contributed by atoms with E-state index in [0.717, 1.165) is 62.3 Å². The normalized spacial score (nSPS) is 21.9. The van der Waals surface area contributed by atoms with Gasteiger partial charge in [-0.1, -0.05) is 25.7 Å². The Kier molecular flexibility index (Phi) is 51.0. The van der Waals surface area contributed by atoms with Crippen molar-refractivity contribution in [3.63, 3.8) is 0 Å². The van der Waals surface area contributed by atoms with Crippen LogP contribution in [0.4, 0.5) is 22.0 Å². The van der Waals surface area contributed by atoms with Crippen molar-refractivity contribution in [3.8, 4) is 5.75 Å². The number of unbranched alkanes of at least 4 members (excludes halogenated alkanes) is 10. The summed E-state index contributed by atoms with van der Waals surface area (Å²) in [5, 5.41) is 21.6. The van der Waals surface area contributed by atoms with Crippen LogP contribution in [0.25, 0.3) is 0 Å². The number of amides is 8. The van der Waals surface area contributed by atoms with Crippen LogP contribution in [0.2, 0.25) is 0 Å². The third kappa shape index (κ3) is 42.5. The lowest BCUT2D eigenvalue weighted by Crippen LogP contribution is -2.66. The lowest BCUT2D eigenvalue weighted by Gasteiger charge is -2.44. The summed E-state index contributed by atoms with van der Waals surface area (Å²) < 4.78 is 159. The Morgan fingerprint density at radius 3 is 0.924 bits per heavy atom. The van der Waals surface area contributed by atoms with Gasteiger partial charge in [0, 0.05) is 148 Å². The largest absolute Gasteiger partial charge is 0.463 e. The summed E-state index contributed by atoms with van der Waals surface area (Å²) in [6, 6.07) is -6.32. The molecule has 17 atom stereocenters. The molecule has 3 aliphatic heterocycles. The second-order valence-corrected chi connectivity index (χ2v) is 31.1. The Balaban J connectivity index is 1.49. The van der Waals surface area contributed by atoms with Crippen LogP contribution in [0.5, 0.6) is 5.75 Å². The molecule has 0 radical (unpaired) electrons. The molecule has 1 aromatic rings. The SMILES string of the molecule is CC(=O)NC1C(OCCCCCC(=O)NCCCCC(NC(=O)CCCCCOC2OC(COC(C)=O)C(OC(C)=O)C(OC(C)=O)C2NC(C)=O)C(=O)NC(CCCCNC(=O)CCCCCOC2OC(COC(C)=O)C(OC(C)=O)C(OC(C)=O)C2NC(C)=O)C(=O)NCCCCCC(=O)Oc2c(F)c(F)c(F)c(F)c2F)OC(COC(C)=O)C(OC(C)=O)C1OC(C)=O. The van der Waals surface area contributed by atoms with Gasteiger partial charge in [-0.15, -0.1) is 0 Å². The molecular weight excluding hydrogens is 1760 g/mol. The second-order valence-electron chi connectivity index (χ2n) is 31.1. The summed E-state index contributed by atoms with van der Waals surface area (Å²) in [6.07, 6.45) is -12.6. The van der Waals surface area contributed by atoms with E-state index >= 15 is 0 Å². The van der Waals surface area contributed by atoms with Gasteiger partial charge in [0.15, 0.2) is 55.5 Å². The number of rotatable bonds is 57. The number of halogens is 5. The highest BCUT2D eigenvalue weighted by Crippen LogP contribution is 2.34. The fraction of sp³-hybridized carbons (Fsp3) is 0.714. The first kappa shape index (κ1) is 112. The second kappa shape index (κ2) is 59.5. The monoisotopic (exact) mass is 1880 g/mol. The summed E-state index contributed by atoms with van der Waals surface area (Å²) in [6.45, 7) is 12.0. The van der Waals surface area contributed by atoms with E-state index in [1.807, 2.05) is 0 Å². The van der Waals surface area contributed by atoms with Crippen molar-refractivity contribution in [1.82, 2.24) is 42.5 Å². The van der Waals surface area contributed by atoms with Crippen LogP contribution in [-0.4, -0.2) is 270 Å². The first-order chi connectivity index (χ1) is 62.0. The quantitative estimate of drug-likeness (QED) is 0.00882. The van der Waals surface area contributed by atoms with Gasteiger partial charge in [0.2, 0.25) is 82.1 Å². The number of esters is 10. The van der Waals surface area contributed by atoms with E-state index < -0.39 is 260 Å². The van der Waals surface area contributed by atoms with Crippen molar-refractivity contribution >= 4 is 107 Å². The topological polar surface area (TPSA) is 551 Å². The molecule has 0 aromatic heterocycles. The van der Waals surface area contributed by atoms with Crippen LogP contribution in [0.3, 0.4) is 0 Å². The fourth-order valence-corrected chi connectivity index (χ4v) is 14.0. The predicted molar refractivity (Wildman–Crippen MR) is 436 cm³/mol. The molecule has 4 rings (SSSR count). The predicted octanol–water partition coefficient (Wildman–Crippen LogP) is 3.21. The van der Waals surface area contributed by atoms with Crippen molar-refractivity contribution in [1.29, 1.82) is 0 Å². The maximum absolute atomic E-state index is 14.6. The van der Waals surface area contributed by atoms with Gasteiger partial charge >= 0.3 is 59.7 Å². The van der Waals surface area contributed by atoms with E-state index in [4.69, 9.17) is 71.1 Å². The van der Waals surface area contributed by atoms with E-state index in [0.29, 0.717) is 44.9 Å². The van der Waals surface area contributed by atoms with Crippen LogP contribution in [0.15, 0.2) is 0 Å². The van der Waals surface area contributed by atoms with Gasteiger partial charge in [-0.25, -0.2) is 13.2 Å². The average molecular weight is 1880 g/mol. The Morgan fingerprint density at radius 1 is 0.305 bits per heavy atom. The zero-order chi connectivity index (χ0) is 97.6. The number of nitrogens with one attached hydrogen (secondary N) is 8. The van der Waals surface area contributed by atoms with Gasteiger partial charge < -0.3 is 118 Å². The van der Waals surface area contributed by atoms with Crippen LogP contribution >= 0.6 is 0 Å². The Labute approximate surface area is 753 Å². The number of benzene rings is 1. The average Bonchev–Trinajstić information content (AvgIpc) is 0.786. The molecule has 3 aliphatic rings. The van der Waals surface area contributed by atoms with Crippen LogP contribution in [0, 0.1) is 29.1 Å². The van der Waals surface area contributed by atoms with Crippen molar-refractivity contribution in [2.75, 3.05) is 59.3 Å². The lowest BCUT2D eigenvalue weighted by molar-refractivity contribution is -0.277. The highest BCUT2D eigenvalue weighted by Gasteiger charge is 2.55. The Bertz CT molecular complexity index is 3990. The first-order valence-corrected chi connectivity index (χ1v) is 43.2. The molecule has 1 aromatic carbocycles. The molecule has 17 unspecified atom stereocenters. The van der Waals surface area contributed by atoms with Gasteiger partial charge in [0.25, 0.3) is 0 Å². The minimum absolute atomic E-state index is 0.0168. The molecule has 0 saturated carbocycles. The maximum Gasteiger partial charge on any atom is 0.311 e. The smallest absolute Gasteiger partial charge is 0.311 e. The van der Waals surface area contributed by atoms with E-state index in [-0.39, 0.29) is 141 Å². The number of carbonyl (C=O) groups is 18. The third-order valence-corrected chi connectivity index (χ3v) is 19.7. The summed E-state index contributed by atoms with van der Waals surface area (Å²) in [5.74, 6) is -26.6. The molecule has 8 amide bonds. The number of hydrogen-bond acceptors (Lipinski definition) is 34. The molecule has 3 fully saturated rings. The van der Waals surface area contributed by atoms with E-state index in [1.54, 1.807) is 0 Å². The minimum atomic E-state index is -2.46. The lowest BCUT2D eigenvalue weighted by atomic mass is 9.96. The molecule has 738 valence electrons. The number of carbonyl (C=O) groups excluding carboxylic acids is 18. The van der Waals surface area contributed by atoms with Gasteiger partial charge in [-0.2, -0.15) is 8.78 Å². The summed E-state index contributed by atoms with van der Waals surface area (Å²) >= 11 is 0. The highest BCUT2D eigenvalue weighted by molar-refractivity contribution is 5.92. The fourth-order valence-electron chi connectivity index (χ4n) is 14.0. The molecule has 42 nitrogen and oxygen atoms in total. The zero-order valence-electron chi connectivity index (χ0n) is 75.5. The third-order valence-electron chi connectivity index (χ3n) is 19.7. The summed E-state index contributed by atoms with van der Waals surface area (Å²) in [7, 11) is 0. The molecule has 3 saturated heterocycles. The Morgan fingerprint density at radius 2 is 0.595 bits per heavy atom. The molecular formula is C84H123F5N8O34. The molecule has 0 aliphatic carbocycles. The van der Waals surface area contributed by atoms with Crippen molar-refractivity contribution in [3.05, 3.63) is 29.1 Å². The van der Waals surface area contributed by atoms with E-state index in [1.165, 1.54) is 20.8 Å². The standard InChI is InChI=1S/C84H123F5N8O34/c1-44(98)93-70-77(125-53(10)107)73(122-50(7)104)58(41-119-47(4)101)128-82(70)116-38-26-14-17-31-61(110)90-35-24-21-29-56(80(114)92-37-23-13-20-34-64(113)131-76-68(88)66(86)65(85)67(87)69(76)89)97-81(115)57(96-63(112)33-19-16-28-40-118-84-72(95-46(3)100)79(127-55(12)109)75(124-52(9)106)60(130-84)43-121-49(6)103)30-22-25-36-91-62(111)32-18-15-27-39-117-83-71(94-45(2)99)78(126-54(11)108)74(123-51(8)105)59(129-83)42-120-48(5)102/h56-60,70-75,77-79,82-84H,13-43H2,1-12H3,(H,90,110)(H,91,111)(H,92,114)(H,93,98)(H,94,99)(H,95,100)(H,96,112)(H,97,115). The molecule has 3 heterocycles. The summed E-state index contributed by atoms with van der Waals surface area (Å²) in [5.41, 5.74) is 0. The Hall–Kier alpha value is -10.9.